The van der Waals surface area contributed by atoms with Gasteiger partial charge in [0.1, 0.15) is 5.76 Å². The molecular formula is C15H24N2OS. The highest BCUT2D eigenvalue weighted by Gasteiger charge is 2.27. The Hall–Kier alpha value is -1.03. The molecule has 4 heteroatoms. The molecule has 1 saturated carbocycles. The summed E-state index contributed by atoms with van der Waals surface area (Å²) < 4.78 is 5.47. The molecule has 0 spiro atoms. The van der Waals surface area contributed by atoms with E-state index in [-0.39, 0.29) is 5.54 Å². The van der Waals surface area contributed by atoms with Crippen LogP contribution in [-0.2, 0) is 6.54 Å². The van der Waals surface area contributed by atoms with Crippen LogP contribution in [0.2, 0.25) is 0 Å². The molecule has 2 rings (SSSR count). The minimum Gasteiger partial charge on any atom is -0.467 e. The first-order valence-corrected chi connectivity index (χ1v) is 7.48. The molecule has 1 heterocycles. The highest BCUT2D eigenvalue weighted by atomic mass is 32.1. The fraction of sp³-hybridized carbons (Fsp3) is 0.667. The zero-order valence-electron chi connectivity index (χ0n) is 12.1. The highest BCUT2D eigenvalue weighted by Crippen LogP contribution is 2.25. The zero-order chi connectivity index (χ0) is 13.9. The Morgan fingerprint density at radius 2 is 2.11 bits per heavy atom. The van der Waals surface area contributed by atoms with Gasteiger partial charge in [0.25, 0.3) is 0 Å². The van der Waals surface area contributed by atoms with E-state index < -0.39 is 0 Å². The number of furan rings is 1. The molecule has 1 N–H and O–H groups in total. The van der Waals surface area contributed by atoms with Crippen LogP contribution in [0.5, 0.6) is 0 Å². The summed E-state index contributed by atoms with van der Waals surface area (Å²) in [7, 11) is 0. The van der Waals surface area contributed by atoms with Crippen LogP contribution in [0.4, 0.5) is 0 Å². The Bertz CT molecular complexity index is 402. The fourth-order valence-corrected chi connectivity index (χ4v) is 3.07. The van der Waals surface area contributed by atoms with E-state index >= 15 is 0 Å². The van der Waals surface area contributed by atoms with Crippen molar-refractivity contribution in [1.82, 2.24) is 10.2 Å². The quantitative estimate of drug-likeness (QED) is 0.855. The van der Waals surface area contributed by atoms with Gasteiger partial charge in [-0.05, 0) is 58.0 Å². The molecule has 0 atom stereocenters. The fourth-order valence-electron chi connectivity index (χ4n) is 2.55. The molecule has 1 aromatic heterocycles. The molecule has 19 heavy (non-hydrogen) atoms. The lowest BCUT2D eigenvalue weighted by Gasteiger charge is -2.34. The van der Waals surface area contributed by atoms with Crippen molar-refractivity contribution < 1.29 is 4.42 Å². The predicted molar refractivity (Wildman–Crippen MR) is 82.0 cm³/mol. The van der Waals surface area contributed by atoms with Crippen molar-refractivity contribution in [3.63, 3.8) is 0 Å². The summed E-state index contributed by atoms with van der Waals surface area (Å²) >= 11 is 5.61. The molecule has 0 bridgehead atoms. The molecule has 0 saturated heterocycles. The molecule has 106 valence electrons. The number of thiocarbonyl (C=S) groups is 1. The van der Waals surface area contributed by atoms with Crippen molar-refractivity contribution in [3.8, 4) is 0 Å². The van der Waals surface area contributed by atoms with E-state index in [1.165, 1.54) is 25.7 Å². The molecule has 0 amide bonds. The van der Waals surface area contributed by atoms with E-state index in [0.29, 0.717) is 6.04 Å². The van der Waals surface area contributed by atoms with Gasteiger partial charge in [0.15, 0.2) is 5.11 Å². The van der Waals surface area contributed by atoms with Crippen LogP contribution in [0.25, 0.3) is 0 Å². The summed E-state index contributed by atoms with van der Waals surface area (Å²) in [6.07, 6.45) is 6.79. The molecule has 0 aromatic carbocycles. The smallest absolute Gasteiger partial charge is 0.170 e. The van der Waals surface area contributed by atoms with Gasteiger partial charge in [-0.1, -0.05) is 12.8 Å². The van der Waals surface area contributed by atoms with Gasteiger partial charge in [-0.15, -0.1) is 0 Å². The third-order valence-corrected chi connectivity index (χ3v) is 3.75. The summed E-state index contributed by atoms with van der Waals surface area (Å²) in [6, 6.07) is 4.50. The van der Waals surface area contributed by atoms with E-state index in [1.54, 1.807) is 6.26 Å². The highest BCUT2D eigenvalue weighted by molar-refractivity contribution is 7.80. The average Bonchev–Trinajstić information content (AvgIpc) is 2.96. The largest absolute Gasteiger partial charge is 0.467 e. The molecular weight excluding hydrogens is 256 g/mol. The van der Waals surface area contributed by atoms with Crippen LogP contribution in [0.1, 0.15) is 52.2 Å². The number of rotatable bonds is 3. The zero-order valence-corrected chi connectivity index (χ0v) is 12.9. The molecule has 1 fully saturated rings. The summed E-state index contributed by atoms with van der Waals surface area (Å²) in [6.45, 7) is 7.18. The van der Waals surface area contributed by atoms with E-state index in [9.17, 15) is 0 Å². The van der Waals surface area contributed by atoms with Gasteiger partial charge in [0.2, 0.25) is 0 Å². The van der Waals surface area contributed by atoms with Gasteiger partial charge in [-0.25, -0.2) is 0 Å². The van der Waals surface area contributed by atoms with E-state index in [2.05, 4.69) is 31.0 Å². The summed E-state index contributed by atoms with van der Waals surface area (Å²) in [4.78, 5) is 2.30. The Balaban J connectivity index is 2.07. The topological polar surface area (TPSA) is 28.4 Å². The molecule has 1 aliphatic rings. The lowest BCUT2D eigenvalue weighted by Crippen LogP contribution is -2.50. The molecule has 0 radical (unpaired) electrons. The maximum Gasteiger partial charge on any atom is 0.170 e. The van der Waals surface area contributed by atoms with Gasteiger partial charge < -0.3 is 14.6 Å². The summed E-state index contributed by atoms with van der Waals surface area (Å²) in [5.74, 6) is 0.977. The van der Waals surface area contributed by atoms with Crippen molar-refractivity contribution in [3.05, 3.63) is 24.2 Å². The van der Waals surface area contributed by atoms with Gasteiger partial charge in [0, 0.05) is 11.6 Å². The molecule has 1 aromatic rings. The van der Waals surface area contributed by atoms with Crippen molar-refractivity contribution in [2.45, 2.75) is 64.6 Å². The number of hydrogen-bond donors (Lipinski definition) is 1. The van der Waals surface area contributed by atoms with E-state index in [1.807, 2.05) is 12.1 Å². The van der Waals surface area contributed by atoms with Crippen LogP contribution >= 0.6 is 12.2 Å². The molecule has 0 aliphatic heterocycles. The van der Waals surface area contributed by atoms with Crippen LogP contribution in [0.15, 0.2) is 22.8 Å². The SMILES string of the molecule is CC(C)(C)NC(=S)N(Cc1ccco1)C1CCCC1. The Morgan fingerprint density at radius 1 is 1.42 bits per heavy atom. The van der Waals surface area contributed by atoms with E-state index in [4.69, 9.17) is 16.6 Å². The second-order valence-electron chi connectivity index (χ2n) is 6.33. The normalized spacial score (nSPS) is 16.6. The lowest BCUT2D eigenvalue weighted by atomic mass is 10.1. The van der Waals surface area contributed by atoms with Crippen molar-refractivity contribution in [2.75, 3.05) is 0 Å². The monoisotopic (exact) mass is 280 g/mol. The predicted octanol–water partition coefficient (Wildman–Crippen LogP) is 3.70. The second kappa shape index (κ2) is 5.95. The van der Waals surface area contributed by atoms with Crippen LogP contribution in [-0.4, -0.2) is 21.6 Å². The Kier molecular flexibility index (Phi) is 4.50. The maximum atomic E-state index is 5.61. The summed E-state index contributed by atoms with van der Waals surface area (Å²) in [5, 5.41) is 4.27. The first kappa shape index (κ1) is 14.4. The van der Waals surface area contributed by atoms with Crippen molar-refractivity contribution in [1.29, 1.82) is 0 Å². The summed E-state index contributed by atoms with van der Waals surface area (Å²) in [5.41, 5.74) is -0.00288. The third-order valence-electron chi connectivity index (χ3n) is 3.41. The van der Waals surface area contributed by atoms with Gasteiger partial charge >= 0.3 is 0 Å². The first-order chi connectivity index (χ1) is 8.96. The molecule has 3 nitrogen and oxygen atoms in total. The molecule has 1 aliphatic carbocycles. The minimum atomic E-state index is -0.00288. The number of nitrogens with one attached hydrogen (secondary N) is 1. The van der Waals surface area contributed by atoms with Gasteiger partial charge in [-0.2, -0.15) is 0 Å². The third kappa shape index (κ3) is 4.23. The van der Waals surface area contributed by atoms with Gasteiger partial charge in [0.05, 0.1) is 12.8 Å². The van der Waals surface area contributed by atoms with Gasteiger partial charge in [-0.3, -0.25) is 0 Å². The number of hydrogen-bond acceptors (Lipinski definition) is 2. The Labute approximate surface area is 121 Å². The second-order valence-corrected chi connectivity index (χ2v) is 6.71. The Morgan fingerprint density at radius 3 is 2.63 bits per heavy atom. The van der Waals surface area contributed by atoms with Crippen LogP contribution in [0, 0.1) is 0 Å². The number of nitrogens with zero attached hydrogens (tertiary/aromatic N) is 1. The van der Waals surface area contributed by atoms with Crippen molar-refractivity contribution in [2.24, 2.45) is 0 Å². The standard InChI is InChI=1S/C15H24N2OS/c1-15(2,3)16-14(19)17(12-7-4-5-8-12)11-13-9-6-10-18-13/h6,9-10,12H,4-5,7-8,11H2,1-3H3,(H,16,19). The van der Waals surface area contributed by atoms with Crippen molar-refractivity contribution >= 4 is 17.3 Å². The minimum absolute atomic E-state index is 0.00288. The maximum absolute atomic E-state index is 5.61. The lowest BCUT2D eigenvalue weighted by molar-refractivity contribution is 0.272. The average molecular weight is 280 g/mol. The molecule has 0 unspecified atom stereocenters. The van der Waals surface area contributed by atoms with Crippen LogP contribution in [0.3, 0.4) is 0 Å². The first-order valence-electron chi connectivity index (χ1n) is 7.07. The van der Waals surface area contributed by atoms with E-state index in [0.717, 1.165) is 17.4 Å². The van der Waals surface area contributed by atoms with Crippen LogP contribution < -0.4 is 5.32 Å².